The number of nitrogens with one attached hydrogen (secondary N) is 2. The molecule has 3 rings (SSSR count). The van der Waals surface area contributed by atoms with Gasteiger partial charge in [-0.05, 0) is 26.0 Å². The minimum absolute atomic E-state index is 0.326. The topological polar surface area (TPSA) is 87.4 Å². The highest BCUT2D eigenvalue weighted by atomic mass is 35.5. The minimum Gasteiger partial charge on any atom is -0.354 e. The summed E-state index contributed by atoms with van der Waals surface area (Å²) in [5.74, 6) is -0.655. The Labute approximate surface area is 159 Å². The van der Waals surface area contributed by atoms with Crippen molar-refractivity contribution in [1.29, 1.82) is 0 Å². The van der Waals surface area contributed by atoms with E-state index in [0.29, 0.717) is 51.3 Å². The van der Waals surface area contributed by atoms with Crippen LogP contribution >= 0.6 is 35.0 Å². The second kappa shape index (κ2) is 7.41. The van der Waals surface area contributed by atoms with Gasteiger partial charge in [0.15, 0.2) is 5.16 Å². The molecular weight excluding hydrogens is 383 g/mol. The van der Waals surface area contributed by atoms with E-state index in [1.807, 2.05) is 13.8 Å². The lowest BCUT2D eigenvalue weighted by Crippen LogP contribution is -2.48. The Bertz CT molecular complexity index is 858. The van der Waals surface area contributed by atoms with Crippen LogP contribution in [0.15, 0.2) is 28.3 Å². The molecular formula is C15H18Cl2N6OS. The summed E-state index contributed by atoms with van der Waals surface area (Å²) in [5.41, 5.74) is 0.914. The van der Waals surface area contributed by atoms with Crippen LogP contribution in [0.5, 0.6) is 0 Å². The summed E-state index contributed by atoms with van der Waals surface area (Å²) in [6, 6.07) is 5.20. The number of aromatic nitrogens is 3. The molecule has 0 unspecified atom stereocenters. The van der Waals surface area contributed by atoms with Crippen LogP contribution in [0.3, 0.4) is 0 Å². The van der Waals surface area contributed by atoms with Gasteiger partial charge in [0.05, 0.1) is 21.5 Å². The molecule has 0 aliphatic carbocycles. The van der Waals surface area contributed by atoms with Crippen molar-refractivity contribution in [2.75, 3.05) is 29.5 Å². The highest BCUT2D eigenvalue weighted by molar-refractivity contribution is 7.99. The van der Waals surface area contributed by atoms with Crippen LogP contribution in [0.1, 0.15) is 13.8 Å². The minimum atomic E-state index is -1.47. The number of anilines is 2. The highest BCUT2D eigenvalue weighted by Crippen LogP contribution is 2.37. The highest BCUT2D eigenvalue weighted by Gasteiger charge is 2.40. The fourth-order valence-corrected chi connectivity index (χ4v) is 3.83. The van der Waals surface area contributed by atoms with E-state index in [-0.39, 0.29) is 0 Å². The van der Waals surface area contributed by atoms with E-state index in [1.54, 1.807) is 22.8 Å². The van der Waals surface area contributed by atoms with Crippen LogP contribution in [-0.4, -0.2) is 38.5 Å². The summed E-state index contributed by atoms with van der Waals surface area (Å²) in [6.07, 6.45) is 0. The van der Waals surface area contributed by atoms with Crippen LogP contribution in [0.25, 0.3) is 0 Å². The van der Waals surface area contributed by atoms with Crippen molar-refractivity contribution < 1.29 is 5.11 Å². The maximum absolute atomic E-state index is 11.2. The lowest BCUT2D eigenvalue weighted by molar-refractivity contribution is 0.00819. The standard InChI is InChI=1S/C15H18Cl2N6OS/c1-3-18-12-20-13(19-4-2)23-14(21-12)25-8-15(23,24)22-10-7-5-6-9(16)11(10)17/h5-7,22,24H,3-4,8H2,1-2H3,(H,18,19,20)/t15-/m0/s1. The number of hydrogen-bond donors (Lipinski definition) is 3. The molecule has 7 nitrogen and oxygen atoms in total. The van der Waals surface area contributed by atoms with Crippen molar-refractivity contribution in [2.24, 2.45) is 4.99 Å². The average molecular weight is 401 g/mol. The zero-order valence-electron chi connectivity index (χ0n) is 13.8. The Hall–Kier alpha value is -1.48. The monoisotopic (exact) mass is 400 g/mol. The molecule has 134 valence electrons. The van der Waals surface area contributed by atoms with Crippen molar-refractivity contribution in [2.45, 2.75) is 24.9 Å². The molecule has 0 spiro atoms. The van der Waals surface area contributed by atoms with Crippen LogP contribution < -0.4 is 16.3 Å². The van der Waals surface area contributed by atoms with Gasteiger partial charge in [0.25, 0.3) is 0 Å². The molecule has 25 heavy (non-hydrogen) atoms. The predicted molar refractivity (Wildman–Crippen MR) is 101 cm³/mol. The molecule has 0 bridgehead atoms. The van der Waals surface area contributed by atoms with E-state index in [1.165, 1.54) is 11.8 Å². The van der Waals surface area contributed by atoms with Crippen LogP contribution in [0, 0.1) is 0 Å². The second-order valence-electron chi connectivity index (χ2n) is 5.30. The van der Waals surface area contributed by atoms with Crippen LogP contribution in [0.2, 0.25) is 10.0 Å². The maximum Gasteiger partial charge on any atom is 0.234 e. The molecule has 3 N–H and O–H groups in total. The Balaban J connectivity index is 2.08. The summed E-state index contributed by atoms with van der Waals surface area (Å²) in [7, 11) is 0. The molecule has 0 fully saturated rings. The molecule has 2 heterocycles. The molecule has 10 heteroatoms. The zero-order chi connectivity index (χ0) is 18.0. The number of aliphatic hydroxyl groups is 1. The van der Waals surface area contributed by atoms with Gasteiger partial charge in [-0.2, -0.15) is 9.97 Å². The van der Waals surface area contributed by atoms with Gasteiger partial charge < -0.3 is 15.7 Å². The first-order chi connectivity index (χ1) is 12.0. The molecule has 1 atom stereocenters. The number of rotatable bonds is 5. The predicted octanol–water partition coefficient (Wildman–Crippen LogP) is 2.76. The first-order valence-corrected chi connectivity index (χ1v) is 9.56. The zero-order valence-corrected chi connectivity index (χ0v) is 16.1. The van der Waals surface area contributed by atoms with Gasteiger partial charge in [-0.3, -0.25) is 4.99 Å². The molecule has 0 saturated carbocycles. The van der Waals surface area contributed by atoms with Crippen LogP contribution in [0.4, 0.5) is 11.6 Å². The fraction of sp³-hybridized carbons (Fsp3) is 0.400. The molecule has 1 aliphatic rings. The Morgan fingerprint density at radius 1 is 1.36 bits per heavy atom. The average Bonchev–Trinajstić information content (AvgIpc) is 2.90. The first-order valence-electron chi connectivity index (χ1n) is 7.81. The number of halogens is 2. The molecule has 0 saturated heterocycles. The third-order valence-electron chi connectivity index (χ3n) is 3.49. The van der Waals surface area contributed by atoms with Gasteiger partial charge in [0.1, 0.15) is 0 Å². The SMILES string of the molecule is CCN=c1nc(NCC)nc2n1[C@@](O)(Nc1cccc(Cl)c1Cl)CS2. The van der Waals surface area contributed by atoms with Crippen molar-refractivity contribution in [1.82, 2.24) is 14.5 Å². The Morgan fingerprint density at radius 2 is 2.16 bits per heavy atom. The molecule has 1 aromatic heterocycles. The summed E-state index contributed by atoms with van der Waals surface area (Å²) >= 11 is 13.7. The van der Waals surface area contributed by atoms with E-state index < -0.39 is 5.85 Å². The Morgan fingerprint density at radius 3 is 2.88 bits per heavy atom. The lowest BCUT2D eigenvalue weighted by Gasteiger charge is -2.28. The van der Waals surface area contributed by atoms with E-state index in [9.17, 15) is 5.11 Å². The largest absolute Gasteiger partial charge is 0.354 e. The van der Waals surface area contributed by atoms with Gasteiger partial charge in [-0.25, -0.2) is 4.57 Å². The van der Waals surface area contributed by atoms with Crippen LogP contribution in [-0.2, 0) is 5.85 Å². The lowest BCUT2D eigenvalue weighted by atomic mass is 10.3. The van der Waals surface area contributed by atoms with E-state index in [2.05, 4.69) is 25.6 Å². The third-order valence-corrected chi connectivity index (χ3v) is 5.39. The summed E-state index contributed by atoms with van der Waals surface area (Å²) in [6.45, 7) is 5.10. The van der Waals surface area contributed by atoms with Crippen molar-refractivity contribution in [3.8, 4) is 0 Å². The van der Waals surface area contributed by atoms with Gasteiger partial charge >= 0.3 is 0 Å². The van der Waals surface area contributed by atoms with Gasteiger partial charge in [0.2, 0.25) is 17.4 Å². The quantitative estimate of drug-likeness (QED) is 0.668. The number of thioether (sulfide) groups is 1. The number of fused-ring (bicyclic) bond motifs is 1. The molecule has 0 radical (unpaired) electrons. The molecule has 1 aliphatic heterocycles. The maximum atomic E-state index is 11.2. The van der Waals surface area contributed by atoms with E-state index >= 15 is 0 Å². The fourth-order valence-electron chi connectivity index (χ4n) is 2.44. The number of nitrogens with zero attached hydrogens (tertiary/aromatic N) is 4. The number of benzene rings is 1. The third kappa shape index (κ3) is 3.57. The molecule has 1 aromatic carbocycles. The normalized spacial score (nSPS) is 19.8. The number of hydrogen-bond acceptors (Lipinski definition) is 7. The van der Waals surface area contributed by atoms with Crippen molar-refractivity contribution >= 4 is 46.6 Å². The van der Waals surface area contributed by atoms with E-state index in [0.717, 1.165) is 0 Å². The first kappa shape index (κ1) is 18.3. The van der Waals surface area contributed by atoms with Crippen molar-refractivity contribution in [3.63, 3.8) is 0 Å². The molecule has 2 aromatic rings. The summed E-state index contributed by atoms with van der Waals surface area (Å²) < 4.78 is 1.58. The summed E-state index contributed by atoms with van der Waals surface area (Å²) in [5, 5.41) is 18.7. The van der Waals surface area contributed by atoms with Gasteiger partial charge in [-0.15, -0.1) is 0 Å². The smallest absolute Gasteiger partial charge is 0.234 e. The summed E-state index contributed by atoms with van der Waals surface area (Å²) in [4.78, 5) is 13.2. The second-order valence-corrected chi connectivity index (χ2v) is 7.03. The van der Waals surface area contributed by atoms with Gasteiger partial charge in [-0.1, -0.05) is 41.0 Å². The van der Waals surface area contributed by atoms with Gasteiger partial charge in [0, 0.05) is 13.1 Å². The van der Waals surface area contributed by atoms with Crippen molar-refractivity contribution in [3.05, 3.63) is 33.9 Å². The Kier molecular flexibility index (Phi) is 5.43. The molecule has 0 amide bonds. The van der Waals surface area contributed by atoms with E-state index in [4.69, 9.17) is 23.2 Å².